The van der Waals surface area contributed by atoms with Gasteiger partial charge in [-0.1, -0.05) is 6.07 Å². The standard InChI is InChI=1S/C25H29N3O4/c1-16(24(29)26-20-6-5-17-3-2-4-19(17)13-20)28-11-9-18(10-12-28)25(30)27-21-7-8-22-23(14-21)32-15-31-22/h5-8,13-14,16,18H,2-4,9-12,15H2,1H3,(H,26,29)(H,27,30)/t16-/m1/s1. The van der Waals surface area contributed by atoms with E-state index in [0.717, 1.165) is 44.5 Å². The zero-order valence-corrected chi connectivity index (χ0v) is 18.4. The van der Waals surface area contributed by atoms with E-state index in [-0.39, 0.29) is 30.6 Å². The second-order valence-corrected chi connectivity index (χ2v) is 8.87. The van der Waals surface area contributed by atoms with Gasteiger partial charge in [0.25, 0.3) is 0 Å². The maximum Gasteiger partial charge on any atom is 0.241 e. The summed E-state index contributed by atoms with van der Waals surface area (Å²) in [6.45, 7) is 3.59. The van der Waals surface area contributed by atoms with Gasteiger partial charge in [-0.25, -0.2) is 0 Å². The number of benzene rings is 2. The van der Waals surface area contributed by atoms with Crippen molar-refractivity contribution in [3.8, 4) is 11.5 Å². The number of fused-ring (bicyclic) bond motifs is 2. The highest BCUT2D eigenvalue weighted by Crippen LogP contribution is 2.34. The molecule has 7 heteroatoms. The Morgan fingerprint density at radius 3 is 2.50 bits per heavy atom. The zero-order valence-electron chi connectivity index (χ0n) is 18.4. The number of nitrogens with zero attached hydrogens (tertiary/aromatic N) is 1. The number of aryl methyl sites for hydroxylation is 2. The van der Waals surface area contributed by atoms with E-state index in [1.54, 1.807) is 6.07 Å². The van der Waals surface area contributed by atoms with Gasteiger partial charge >= 0.3 is 0 Å². The Bertz CT molecular complexity index is 1030. The Morgan fingerprint density at radius 2 is 1.66 bits per heavy atom. The van der Waals surface area contributed by atoms with Gasteiger partial charge in [-0.15, -0.1) is 0 Å². The molecule has 0 unspecified atom stereocenters. The lowest BCUT2D eigenvalue weighted by atomic mass is 9.94. The van der Waals surface area contributed by atoms with Crippen molar-refractivity contribution >= 4 is 23.2 Å². The molecular formula is C25H29N3O4. The molecule has 0 spiro atoms. The summed E-state index contributed by atoms with van der Waals surface area (Å²) < 4.78 is 10.7. The van der Waals surface area contributed by atoms with Crippen molar-refractivity contribution in [1.29, 1.82) is 0 Å². The van der Waals surface area contributed by atoms with Gasteiger partial charge in [0.15, 0.2) is 11.5 Å². The summed E-state index contributed by atoms with van der Waals surface area (Å²) in [7, 11) is 0. The fourth-order valence-electron chi connectivity index (χ4n) is 4.83. The zero-order chi connectivity index (χ0) is 22.1. The molecule has 2 aromatic rings. The molecule has 1 fully saturated rings. The number of ether oxygens (including phenoxy) is 2. The topological polar surface area (TPSA) is 79.9 Å². The number of anilines is 2. The lowest BCUT2D eigenvalue weighted by Crippen LogP contribution is -2.47. The summed E-state index contributed by atoms with van der Waals surface area (Å²) >= 11 is 0. The molecule has 2 aromatic carbocycles. The number of nitrogens with one attached hydrogen (secondary N) is 2. The third-order valence-corrected chi connectivity index (χ3v) is 6.83. The molecule has 2 amide bonds. The van der Waals surface area contributed by atoms with E-state index in [1.165, 1.54) is 17.5 Å². The van der Waals surface area contributed by atoms with E-state index in [4.69, 9.17) is 9.47 Å². The Balaban J connectivity index is 1.12. The summed E-state index contributed by atoms with van der Waals surface area (Å²) in [6.07, 6.45) is 4.88. The molecular weight excluding hydrogens is 406 g/mol. The number of carbonyl (C=O) groups excluding carboxylic acids is 2. The summed E-state index contributed by atoms with van der Waals surface area (Å²) in [5, 5.41) is 6.06. The molecule has 5 rings (SSSR count). The average Bonchev–Trinajstić information content (AvgIpc) is 3.47. The van der Waals surface area contributed by atoms with Gasteiger partial charge in [-0.05, 0) is 87.5 Å². The van der Waals surface area contributed by atoms with Crippen LogP contribution in [0.5, 0.6) is 11.5 Å². The molecule has 32 heavy (non-hydrogen) atoms. The third kappa shape index (κ3) is 4.30. The van der Waals surface area contributed by atoms with Crippen LogP contribution >= 0.6 is 0 Å². The fourth-order valence-corrected chi connectivity index (χ4v) is 4.83. The van der Waals surface area contributed by atoms with Crippen LogP contribution in [-0.2, 0) is 22.4 Å². The normalized spacial score (nSPS) is 18.8. The molecule has 2 heterocycles. The van der Waals surface area contributed by atoms with Gasteiger partial charge in [-0.3, -0.25) is 14.5 Å². The maximum absolute atomic E-state index is 12.8. The fraction of sp³-hybridized carbons (Fsp3) is 0.440. The van der Waals surface area contributed by atoms with Crippen molar-refractivity contribution in [3.63, 3.8) is 0 Å². The number of rotatable bonds is 5. The predicted molar refractivity (Wildman–Crippen MR) is 122 cm³/mol. The first-order valence-electron chi connectivity index (χ1n) is 11.4. The molecule has 1 aliphatic carbocycles. The van der Waals surface area contributed by atoms with Crippen LogP contribution in [0.1, 0.15) is 37.3 Å². The number of amides is 2. The predicted octanol–water partition coefficient (Wildman–Crippen LogP) is 3.58. The molecule has 0 aromatic heterocycles. The quantitative estimate of drug-likeness (QED) is 0.751. The van der Waals surface area contributed by atoms with E-state index >= 15 is 0 Å². The number of hydrogen-bond donors (Lipinski definition) is 2. The number of likely N-dealkylation sites (tertiary alicyclic amines) is 1. The highest BCUT2D eigenvalue weighted by Gasteiger charge is 2.30. The average molecular weight is 436 g/mol. The minimum Gasteiger partial charge on any atom is -0.454 e. The molecule has 7 nitrogen and oxygen atoms in total. The van der Waals surface area contributed by atoms with Crippen molar-refractivity contribution in [3.05, 3.63) is 47.5 Å². The van der Waals surface area contributed by atoms with E-state index in [9.17, 15) is 9.59 Å². The van der Waals surface area contributed by atoms with Crippen molar-refractivity contribution in [2.75, 3.05) is 30.5 Å². The molecule has 2 N–H and O–H groups in total. The number of carbonyl (C=O) groups is 2. The second kappa shape index (κ2) is 8.82. The van der Waals surface area contributed by atoms with Gasteiger partial charge < -0.3 is 20.1 Å². The summed E-state index contributed by atoms with van der Waals surface area (Å²) in [6, 6.07) is 11.4. The molecule has 2 aliphatic heterocycles. The van der Waals surface area contributed by atoms with Gasteiger partial charge in [0.1, 0.15) is 0 Å². The van der Waals surface area contributed by atoms with Crippen molar-refractivity contribution in [2.45, 2.75) is 45.1 Å². The minimum absolute atomic E-state index is 0.00575. The third-order valence-electron chi connectivity index (χ3n) is 6.83. The van der Waals surface area contributed by atoms with Gasteiger partial charge in [-0.2, -0.15) is 0 Å². The molecule has 0 radical (unpaired) electrons. The Morgan fingerprint density at radius 1 is 0.938 bits per heavy atom. The Kier molecular flexibility index (Phi) is 5.74. The lowest BCUT2D eigenvalue weighted by molar-refractivity contribution is -0.123. The van der Waals surface area contributed by atoms with E-state index in [2.05, 4.69) is 27.7 Å². The van der Waals surface area contributed by atoms with Gasteiger partial charge in [0.05, 0.1) is 6.04 Å². The number of hydrogen-bond acceptors (Lipinski definition) is 5. The van der Waals surface area contributed by atoms with Crippen LogP contribution in [0.15, 0.2) is 36.4 Å². The summed E-state index contributed by atoms with van der Waals surface area (Å²) in [5.74, 6) is 1.30. The highest BCUT2D eigenvalue weighted by atomic mass is 16.7. The van der Waals surface area contributed by atoms with Crippen molar-refractivity contribution in [2.24, 2.45) is 5.92 Å². The first-order chi connectivity index (χ1) is 15.6. The molecule has 0 bridgehead atoms. The van der Waals surface area contributed by atoms with E-state index < -0.39 is 0 Å². The van der Waals surface area contributed by atoms with E-state index in [0.29, 0.717) is 17.2 Å². The van der Waals surface area contributed by atoms with Crippen molar-refractivity contribution in [1.82, 2.24) is 4.90 Å². The molecule has 168 valence electrons. The van der Waals surface area contributed by atoms with Crippen LogP contribution in [0.3, 0.4) is 0 Å². The molecule has 1 saturated heterocycles. The first kappa shape index (κ1) is 20.8. The Labute approximate surface area is 188 Å². The monoisotopic (exact) mass is 435 g/mol. The van der Waals surface area contributed by atoms with Crippen molar-refractivity contribution < 1.29 is 19.1 Å². The van der Waals surface area contributed by atoms with Crippen LogP contribution in [-0.4, -0.2) is 42.6 Å². The Hall–Kier alpha value is -3.06. The van der Waals surface area contributed by atoms with Crippen LogP contribution < -0.4 is 20.1 Å². The molecule has 3 aliphatic rings. The molecule has 1 atom stereocenters. The summed E-state index contributed by atoms with van der Waals surface area (Å²) in [5.41, 5.74) is 4.34. The maximum atomic E-state index is 12.8. The van der Waals surface area contributed by atoms with Crippen LogP contribution in [0.4, 0.5) is 11.4 Å². The van der Waals surface area contributed by atoms with Crippen LogP contribution in [0, 0.1) is 5.92 Å². The van der Waals surface area contributed by atoms with Gasteiger partial charge in [0, 0.05) is 23.4 Å². The minimum atomic E-state index is -0.235. The second-order valence-electron chi connectivity index (χ2n) is 8.87. The lowest BCUT2D eigenvalue weighted by Gasteiger charge is -2.34. The van der Waals surface area contributed by atoms with E-state index in [1.807, 2.05) is 25.1 Å². The number of piperidine rings is 1. The van der Waals surface area contributed by atoms with Crippen LogP contribution in [0.2, 0.25) is 0 Å². The van der Waals surface area contributed by atoms with Gasteiger partial charge in [0.2, 0.25) is 18.6 Å². The first-order valence-corrected chi connectivity index (χ1v) is 11.4. The smallest absolute Gasteiger partial charge is 0.241 e. The largest absolute Gasteiger partial charge is 0.454 e. The summed E-state index contributed by atoms with van der Waals surface area (Å²) in [4.78, 5) is 27.7. The SMILES string of the molecule is C[C@H](C(=O)Nc1ccc2c(c1)CCC2)N1CCC(C(=O)Nc2ccc3c(c2)OCO3)CC1. The molecule has 0 saturated carbocycles. The highest BCUT2D eigenvalue weighted by molar-refractivity contribution is 5.95. The van der Waals surface area contributed by atoms with Crippen LogP contribution in [0.25, 0.3) is 0 Å².